The third-order valence-electron chi connectivity index (χ3n) is 7.04. The molecule has 1 aliphatic heterocycles. The highest BCUT2D eigenvalue weighted by atomic mass is 79.9. The Morgan fingerprint density at radius 2 is 1.82 bits per heavy atom. The molecule has 1 amide bonds. The maximum absolute atomic E-state index is 13.5. The number of nitrogens with one attached hydrogen (secondary N) is 2. The van der Waals surface area contributed by atoms with Crippen LogP contribution in [0.4, 0.5) is 0 Å². The number of halogens is 1. The quantitative estimate of drug-likeness (QED) is 0.358. The molecule has 0 spiro atoms. The number of carbonyl (C=O) groups is 2. The number of nitrogens with zero attached hydrogens (tertiary/aromatic N) is 1. The van der Waals surface area contributed by atoms with E-state index in [4.69, 9.17) is 14.9 Å². The van der Waals surface area contributed by atoms with Crippen molar-refractivity contribution in [3.05, 3.63) is 52.1 Å². The molecule has 0 bridgehead atoms. The number of amides is 1. The van der Waals surface area contributed by atoms with Crippen LogP contribution in [0.3, 0.4) is 0 Å². The summed E-state index contributed by atoms with van der Waals surface area (Å²) in [4.78, 5) is 27.6. The molecular weight excluding hydrogens is 550 g/mol. The Kier molecular flexibility index (Phi) is 9.13. The summed E-state index contributed by atoms with van der Waals surface area (Å²) in [5.41, 5.74) is 2.52. The van der Waals surface area contributed by atoms with E-state index < -0.39 is 5.41 Å². The molecule has 4 rings (SSSR count). The zero-order valence-electron chi connectivity index (χ0n) is 22.8. The minimum Gasteiger partial charge on any atom is -0.504 e. The summed E-state index contributed by atoms with van der Waals surface area (Å²) in [5.74, 6) is 0.622. The molecule has 0 unspecified atom stereocenters. The molecule has 9 heteroatoms. The normalized spacial score (nSPS) is 15.2. The number of amidine groups is 1. The van der Waals surface area contributed by atoms with E-state index in [9.17, 15) is 14.7 Å². The van der Waals surface area contributed by atoms with Gasteiger partial charge in [0.25, 0.3) is 5.91 Å². The molecule has 0 atom stereocenters. The fourth-order valence-electron chi connectivity index (χ4n) is 5.03. The van der Waals surface area contributed by atoms with Gasteiger partial charge in [0.05, 0.1) is 24.8 Å². The van der Waals surface area contributed by atoms with E-state index >= 15 is 0 Å². The SMILES string of the molecule is Br.CCOc1cc2c(cc1C(=O)NC)C(=N)N(CC(=O)c1cc(OC3CCCC3)c(O)c(C(C)(C)C)c1)C2. The zero-order chi connectivity index (χ0) is 26.9. The van der Waals surface area contributed by atoms with Crippen LogP contribution in [0.1, 0.15) is 90.8 Å². The lowest BCUT2D eigenvalue weighted by Crippen LogP contribution is -2.30. The Hall–Kier alpha value is -3.07. The molecule has 8 nitrogen and oxygen atoms in total. The molecule has 1 saturated carbocycles. The van der Waals surface area contributed by atoms with Crippen LogP contribution in [0.15, 0.2) is 24.3 Å². The van der Waals surface area contributed by atoms with Crippen molar-refractivity contribution in [2.24, 2.45) is 0 Å². The van der Waals surface area contributed by atoms with Crippen LogP contribution >= 0.6 is 17.0 Å². The second-order valence-electron chi connectivity index (χ2n) is 10.8. The van der Waals surface area contributed by atoms with Gasteiger partial charge in [-0.25, -0.2) is 0 Å². The van der Waals surface area contributed by atoms with Gasteiger partial charge in [-0.2, -0.15) is 0 Å². The lowest BCUT2D eigenvalue weighted by Gasteiger charge is -2.25. The molecule has 206 valence electrons. The van der Waals surface area contributed by atoms with Gasteiger partial charge in [0, 0.05) is 30.3 Å². The van der Waals surface area contributed by atoms with Crippen LogP contribution in [0.5, 0.6) is 17.2 Å². The Labute approximate surface area is 235 Å². The number of Topliss-reactive ketones (excluding diaryl/α,β-unsaturated/α-hetero) is 1. The molecule has 2 aromatic rings. The van der Waals surface area contributed by atoms with Gasteiger partial charge in [-0.3, -0.25) is 15.0 Å². The van der Waals surface area contributed by atoms with Crippen molar-refractivity contribution in [3.8, 4) is 17.2 Å². The van der Waals surface area contributed by atoms with Gasteiger partial charge in [0.1, 0.15) is 11.6 Å². The first-order valence-corrected chi connectivity index (χ1v) is 13.0. The van der Waals surface area contributed by atoms with Crippen LogP contribution in [0.2, 0.25) is 0 Å². The van der Waals surface area contributed by atoms with Crippen molar-refractivity contribution in [2.45, 2.75) is 71.4 Å². The average molecular weight is 589 g/mol. The summed E-state index contributed by atoms with van der Waals surface area (Å²) >= 11 is 0. The molecule has 2 aromatic carbocycles. The summed E-state index contributed by atoms with van der Waals surface area (Å²) in [6, 6.07) is 6.82. The summed E-state index contributed by atoms with van der Waals surface area (Å²) in [7, 11) is 1.55. The van der Waals surface area contributed by atoms with Gasteiger partial charge >= 0.3 is 0 Å². The summed E-state index contributed by atoms with van der Waals surface area (Å²) in [5, 5.41) is 22.3. The van der Waals surface area contributed by atoms with Gasteiger partial charge < -0.3 is 24.8 Å². The minimum atomic E-state index is -0.392. The number of ketones is 1. The van der Waals surface area contributed by atoms with Crippen LogP contribution < -0.4 is 14.8 Å². The van der Waals surface area contributed by atoms with Gasteiger partial charge in [0.15, 0.2) is 17.3 Å². The van der Waals surface area contributed by atoms with Crippen LogP contribution in [0, 0.1) is 5.41 Å². The molecular formula is C29H38BrN3O5. The maximum Gasteiger partial charge on any atom is 0.254 e. The smallest absolute Gasteiger partial charge is 0.254 e. The van der Waals surface area contributed by atoms with Gasteiger partial charge in [-0.05, 0) is 67.9 Å². The molecule has 0 radical (unpaired) electrons. The Morgan fingerprint density at radius 1 is 1.13 bits per heavy atom. The standard InChI is InChI=1S/C29H37N3O5.BrH/c1-6-36-24-13-18-15-32(27(30)20(18)14-21(24)28(35)31-5)16-23(33)17-11-22(29(2,3)4)26(34)25(12-17)37-19-9-7-8-10-19;/h11-14,19,30,34H,6-10,15-16H2,1-5H3,(H,31,35);1H. The predicted molar refractivity (Wildman–Crippen MR) is 153 cm³/mol. The third kappa shape index (κ3) is 5.98. The van der Waals surface area contributed by atoms with E-state index in [2.05, 4.69) is 5.32 Å². The van der Waals surface area contributed by atoms with E-state index in [1.807, 2.05) is 27.7 Å². The number of carbonyl (C=O) groups excluding carboxylic acids is 2. The number of hydrogen-bond donors (Lipinski definition) is 3. The van der Waals surface area contributed by atoms with Gasteiger partial charge in [-0.1, -0.05) is 20.8 Å². The van der Waals surface area contributed by atoms with Crippen LogP contribution in [-0.4, -0.2) is 53.8 Å². The van der Waals surface area contributed by atoms with Crippen molar-refractivity contribution in [1.82, 2.24) is 10.2 Å². The lowest BCUT2D eigenvalue weighted by atomic mass is 9.84. The maximum atomic E-state index is 13.5. The first-order chi connectivity index (χ1) is 17.5. The Morgan fingerprint density at radius 3 is 2.42 bits per heavy atom. The number of fused-ring (bicyclic) bond motifs is 1. The van der Waals surface area contributed by atoms with E-state index in [1.54, 1.807) is 36.2 Å². The highest BCUT2D eigenvalue weighted by Crippen LogP contribution is 2.41. The summed E-state index contributed by atoms with van der Waals surface area (Å²) in [6.07, 6.45) is 4.11. The first-order valence-electron chi connectivity index (χ1n) is 13.0. The van der Waals surface area contributed by atoms with Crippen molar-refractivity contribution in [3.63, 3.8) is 0 Å². The summed E-state index contributed by atoms with van der Waals surface area (Å²) in [6.45, 7) is 8.58. The number of phenols is 1. The van der Waals surface area contributed by atoms with E-state index in [0.717, 1.165) is 31.2 Å². The molecule has 0 aromatic heterocycles. The fraction of sp³-hybridized carbons (Fsp3) is 0.483. The molecule has 2 aliphatic rings. The van der Waals surface area contributed by atoms with Crippen LogP contribution in [-0.2, 0) is 12.0 Å². The Balaban J connectivity index is 0.00000400. The average Bonchev–Trinajstić information content (AvgIpc) is 3.46. The highest BCUT2D eigenvalue weighted by molar-refractivity contribution is 8.93. The fourth-order valence-corrected chi connectivity index (χ4v) is 5.03. The number of rotatable bonds is 8. The Bertz CT molecular complexity index is 1230. The number of phenolic OH excluding ortho intramolecular Hbond substituents is 1. The molecule has 1 heterocycles. The molecule has 0 saturated heterocycles. The summed E-state index contributed by atoms with van der Waals surface area (Å²) < 4.78 is 11.8. The topological polar surface area (TPSA) is 112 Å². The van der Waals surface area contributed by atoms with Crippen LogP contribution in [0.25, 0.3) is 0 Å². The monoisotopic (exact) mass is 587 g/mol. The molecule has 3 N–H and O–H groups in total. The molecule has 1 aliphatic carbocycles. The number of benzene rings is 2. The van der Waals surface area contributed by atoms with E-state index in [1.165, 1.54) is 0 Å². The second-order valence-corrected chi connectivity index (χ2v) is 10.8. The van der Waals surface area contributed by atoms with E-state index in [0.29, 0.717) is 46.9 Å². The molecule has 38 heavy (non-hydrogen) atoms. The van der Waals surface area contributed by atoms with Crippen molar-refractivity contribution in [2.75, 3.05) is 20.2 Å². The number of ether oxygens (including phenoxy) is 2. The van der Waals surface area contributed by atoms with Gasteiger partial charge in [-0.15, -0.1) is 17.0 Å². The lowest BCUT2D eigenvalue weighted by molar-refractivity contribution is 0.0952. The second kappa shape index (κ2) is 11.8. The van der Waals surface area contributed by atoms with Crippen molar-refractivity contribution in [1.29, 1.82) is 5.41 Å². The first kappa shape index (κ1) is 29.5. The van der Waals surface area contributed by atoms with Crippen molar-refractivity contribution < 1.29 is 24.2 Å². The molecule has 1 fully saturated rings. The van der Waals surface area contributed by atoms with E-state index in [-0.39, 0.29) is 52.9 Å². The van der Waals surface area contributed by atoms with Crippen molar-refractivity contribution >= 4 is 34.5 Å². The third-order valence-corrected chi connectivity index (χ3v) is 7.04. The number of hydrogen-bond acceptors (Lipinski definition) is 6. The largest absolute Gasteiger partial charge is 0.504 e. The predicted octanol–water partition coefficient (Wildman–Crippen LogP) is 5.37. The van der Waals surface area contributed by atoms with Gasteiger partial charge in [0.2, 0.25) is 0 Å². The zero-order valence-corrected chi connectivity index (χ0v) is 24.5. The number of aromatic hydroxyl groups is 1. The highest BCUT2D eigenvalue weighted by Gasteiger charge is 2.31. The minimum absolute atomic E-state index is 0.